The van der Waals surface area contributed by atoms with Crippen LogP contribution >= 0.6 is 0 Å². The van der Waals surface area contributed by atoms with E-state index in [0.29, 0.717) is 17.3 Å². The molecule has 123 valence electrons. The van der Waals surface area contributed by atoms with Crippen LogP contribution in [0, 0.1) is 6.07 Å². The molecule has 0 unspecified atom stereocenters. The first kappa shape index (κ1) is 14.9. The third-order valence-corrected chi connectivity index (χ3v) is 3.87. The fraction of sp³-hybridized carbons (Fsp3) is 0.250. The predicted molar refractivity (Wildman–Crippen MR) is 80.0 cm³/mol. The summed E-state index contributed by atoms with van der Waals surface area (Å²) in [6.07, 6.45) is -3.09. The Bertz CT molecular complexity index is 869. The van der Waals surface area contributed by atoms with E-state index in [1.165, 1.54) is 24.3 Å². The molecular formula is C16H12F3N4O. The Morgan fingerprint density at radius 3 is 2.58 bits per heavy atom. The number of alkyl halides is 3. The summed E-state index contributed by atoms with van der Waals surface area (Å²) in [6, 6.07) is 10.4. The van der Waals surface area contributed by atoms with Crippen LogP contribution in [-0.4, -0.2) is 34.2 Å². The Morgan fingerprint density at radius 2 is 1.96 bits per heavy atom. The van der Waals surface area contributed by atoms with Gasteiger partial charge in [0.15, 0.2) is 5.65 Å². The standard InChI is InChI=1S/C16H12F3N4O/c17-16(18,19)24-12-5-3-11(4-6-12)23-15-13(2-1-7-21-15)14(22-23)10-8-20-9-10/h1,3-7,10,20H,8-9H2. The van der Waals surface area contributed by atoms with E-state index >= 15 is 0 Å². The number of halogens is 3. The quantitative estimate of drug-likeness (QED) is 0.801. The second-order valence-electron chi connectivity index (χ2n) is 5.48. The summed E-state index contributed by atoms with van der Waals surface area (Å²) in [4.78, 5) is 4.34. The molecule has 1 saturated heterocycles. The van der Waals surface area contributed by atoms with Gasteiger partial charge in [-0.05, 0) is 36.4 Å². The first-order valence-corrected chi connectivity index (χ1v) is 7.33. The van der Waals surface area contributed by atoms with E-state index in [1.807, 2.05) is 0 Å². The van der Waals surface area contributed by atoms with Crippen LogP contribution in [0.2, 0.25) is 0 Å². The highest BCUT2D eigenvalue weighted by Crippen LogP contribution is 2.29. The molecule has 3 aromatic rings. The van der Waals surface area contributed by atoms with E-state index in [4.69, 9.17) is 0 Å². The van der Waals surface area contributed by atoms with E-state index in [2.05, 4.69) is 26.2 Å². The van der Waals surface area contributed by atoms with E-state index in [0.717, 1.165) is 24.2 Å². The molecule has 1 aliphatic rings. The molecule has 1 fully saturated rings. The number of hydrogen-bond acceptors (Lipinski definition) is 4. The van der Waals surface area contributed by atoms with Gasteiger partial charge in [0.1, 0.15) is 5.75 Å². The number of aromatic nitrogens is 3. The fourth-order valence-electron chi connectivity index (χ4n) is 2.65. The number of rotatable bonds is 3. The molecule has 24 heavy (non-hydrogen) atoms. The fourth-order valence-corrected chi connectivity index (χ4v) is 2.65. The second-order valence-corrected chi connectivity index (χ2v) is 5.48. The maximum atomic E-state index is 12.3. The molecule has 0 bridgehead atoms. The van der Waals surface area contributed by atoms with Gasteiger partial charge in [0, 0.05) is 25.2 Å². The molecule has 3 heterocycles. The largest absolute Gasteiger partial charge is 0.573 e. The summed E-state index contributed by atoms with van der Waals surface area (Å²) in [5.74, 6) is 0.0210. The van der Waals surface area contributed by atoms with Crippen molar-refractivity contribution in [3.05, 3.63) is 48.3 Å². The van der Waals surface area contributed by atoms with Crippen molar-refractivity contribution in [3.63, 3.8) is 0 Å². The molecule has 1 aromatic carbocycles. The second kappa shape index (κ2) is 5.48. The first-order chi connectivity index (χ1) is 11.5. The Hall–Kier alpha value is -2.61. The van der Waals surface area contributed by atoms with Crippen LogP contribution in [0.1, 0.15) is 11.6 Å². The van der Waals surface area contributed by atoms with E-state index in [-0.39, 0.29) is 5.75 Å². The van der Waals surface area contributed by atoms with E-state index < -0.39 is 6.36 Å². The van der Waals surface area contributed by atoms with Gasteiger partial charge in [0.05, 0.1) is 16.8 Å². The van der Waals surface area contributed by atoms with Crippen molar-refractivity contribution in [1.29, 1.82) is 0 Å². The molecule has 2 aromatic heterocycles. The van der Waals surface area contributed by atoms with Crippen molar-refractivity contribution in [3.8, 4) is 11.4 Å². The highest BCUT2D eigenvalue weighted by Gasteiger charge is 2.31. The minimum Gasteiger partial charge on any atom is -0.406 e. The Balaban J connectivity index is 1.73. The van der Waals surface area contributed by atoms with Crippen molar-refractivity contribution in [2.75, 3.05) is 13.1 Å². The van der Waals surface area contributed by atoms with Gasteiger partial charge < -0.3 is 10.1 Å². The lowest BCUT2D eigenvalue weighted by molar-refractivity contribution is -0.274. The summed E-state index contributed by atoms with van der Waals surface area (Å²) in [5.41, 5.74) is 2.14. The molecule has 0 amide bonds. The molecular weight excluding hydrogens is 321 g/mol. The minimum absolute atomic E-state index is 0.273. The van der Waals surface area contributed by atoms with Crippen LogP contribution in [0.3, 0.4) is 0 Å². The summed E-state index contributed by atoms with van der Waals surface area (Å²) < 4.78 is 42.3. The molecule has 1 N–H and O–H groups in total. The lowest BCUT2D eigenvalue weighted by Gasteiger charge is -2.25. The van der Waals surface area contributed by atoms with Gasteiger partial charge >= 0.3 is 6.36 Å². The smallest absolute Gasteiger partial charge is 0.406 e. The number of fused-ring (bicyclic) bond motifs is 1. The van der Waals surface area contributed by atoms with Crippen molar-refractivity contribution in [1.82, 2.24) is 20.1 Å². The summed E-state index contributed by atoms with van der Waals surface area (Å²) in [6.45, 7) is 1.68. The molecule has 0 atom stereocenters. The number of nitrogens with zero attached hydrogens (tertiary/aromatic N) is 3. The Morgan fingerprint density at radius 1 is 1.21 bits per heavy atom. The average molecular weight is 333 g/mol. The highest BCUT2D eigenvalue weighted by atomic mass is 19.4. The van der Waals surface area contributed by atoms with Crippen LogP contribution in [0.25, 0.3) is 16.7 Å². The monoisotopic (exact) mass is 333 g/mol. The summed E-state index contributed by atoms with van der Waals surface area (Å²) in [7, 11) is 0. The minimum atomic E-state index is -4.71. The van der Waals surface area contributed by atoms with Crippen molar-refractivity contribution < 1.29 is 17.9 Å². The van der Waals surface area contributed by atoms with Crippen LogP contribution in [0.4, 0.5) is 13.2 Å². The van der Waals surface area contributed by atoms with Gasteiger partial charge in [0.25, 0.3) is 0 Å². The van der Waals surface area contributed by atoms with Gasteiger partial charge in [-0.1, -0.05) is 0 Å². The van der Waals surface area contributed by atoms with Crippen LogP contribution in [0.15, 0.2) is 36.5 Å². The molecule has 1 aliphatic heterocycles. The number of nitrogens with one attached hydrogen (secondary N) is 1. The predicted octanol–water partition coefficient (Wildman–Crippen LogP) is 2.81. The maximum absolute atomic E-state index is 12.3. The number of ether oxygens (including phenoxy) is 1. The van der Waals surface area contributed by atoms with Crippen molar-refractivity contribution in [2.24, 2.45) is 0 Å². The topological polar surface area (TPSA) is 52.0 Å². The lowest BCUT2D eigenvalue weighted by atomic mass is 9.97. The van der Waals surface area contributed by atoms with Crippen LogP contribution in [0.5, 0.6) is 5.75 Å². The summed E-state index contributed by atoms with van der Waals surface area (Å²) >= 11 is 0. The Labute approximate surface area is 135 Å². The van der Waals surface area contributed by atoms with Gasteiger partial charge in [-0.2, -0.15) is 5.10 Å². The van der Waals surface area contributed by atoms with Gasteiger partial charge in [-0.15, -0.1) is 13.2 Å². The highest BCUT2D eigenvalue weighted by molar-refractivity contribution is 5.80. The lowest BCUT2D eigenvalue weighted by Crippen LogP contribution is -2.40. The van der Waals surface area contributed by atoms with E-state index in [9.17, 15) is 13.2 Å². The van der Waals surface area contributed by atoms with Crippen LogP contribution < -0.4 is 10.1 Å². The Kier molecular flexibility index (Phi) is 3.42. The molecule has 5 nitrogen and oxygen atoms in total. The third-order valence-electron chi connectivity index (χ3n) is 3.87. The SMILES string of the molecule is FC(F)(F)Oc1ccc(-n2nc(C3CNC3)c3[c]ccnc32)cc1. The van der Waals surface area contributed by atoms with Gasteiger partial charge in [0.2, 0.25) is 0 Å². The molecule has 4 rings (SSSR count). The average Bonchev–Trinajstić information content (AvgIpc) is 2.85. The first-order valence-electron chi connectivity index (χ1n) is 7.33. The maximum Gasteiger partial charge on any atom is 0.573 e. The zero-order chi connectivity index (χ0) is 16.7. The molecule has 8 heteroatoms. The van der Waals surface area contributed by atoms with Gasteiger partial charge in [-0.3, -0.25) is 0 Å². The van der Waals surface area contributed by atoms with Gasteiger partial charge in [-0.25, -0.2) is 9.67 Å². The third kappa shape index (κ3) is 2.69. The number of hydrogen-bond donors (Lipinski definition) is 1. The normalized spacial score (nSPS) is 15.5. The zero-order valence-corrected chi connectivity index (χ0v) is 12.3. The van der Waals surface area contributed by atoms with E-state index in [1.54, 1.807) is 16.9 Å². The number of benzene rings is 1. The molecule has 0 aliphatic carbocycles. The van der Waals surface area contributed by atoms with Crippen LogP contribution in [-0.2, 0) is 0 Å². The molecule has 0 spiro atoms. The number of pyridine rings is 1. The zero-order valence-electron chi connectivity index (χ0n) is 12.3. The van der Waals surface area contributed by atoms with Crippen molar-refractivity contribution in [2.45, 2.75) is 12.3 Å². The molecule has 0 saturated carbocycles. The summed E-state index contributed by atoms with van der Waals surface area (Å²) in [5, 5.41) is 8.63. The molecule has 1 radical (unpaired) electrons. The van der Waals surface area contributed by atoms with Crippen molar-refractivity contribution >= 4 is 11.0 Å².